The molecule has 0 spiro atoms. The normalized spacial score (nSPS) is 23.5. The number of hydrogen-bond donors (Lipinski definition) is 14. The fraction of sp³-hybridized carbons (Fsp3) is 0.589. The molecule has 2 aliphatic rings. The fourth-order valence-corrected chi connectivity index (χ4v) is 11.2. The zero-order valence-corrected chi connectivity index (χ0v) is 56.0. The maximum absolute atomic E-state index is 14.4. The number of ketones is 1. The van der Waals surface area contributed by atoms with E-state index in [9.17, 15) is 48.3 Å². The van der Waals surface area contributed by atoms with Gasteiger partial charge in [0.15, 0.2) is 6.67 Å². The molecule has 0 aromatic heterocycles. The zero-order chi connectivity index (χ0) is 64.9. The standard InChI is InChI=1S/C56H86N14O10S6/c1-27(2)40-51(79)58-29(5)46(74)63-38(24-36-18-16-15-17-19-36)49(77)68-43(44(72)39-25-69(12)26-70(39)13)50(78)57-21-23-86-35(11)42(52(80)65-40)67-47(75)31(7)60-54(82)33(9)62-53(81)32(8)59-45(73)30(6)61-55(83)37(20-22-85-14)64-56(84)41(28(3)4)66-48(76)34(10)71/h15-19,21,23,25,27-33,35,37-38,40-44,72H,20,22,24,26H2,1-14H3,(H,57,78)(H,58,79)(H,59,73)(H,60,82)(H,61,83)(H,62,81)(H,63,74)(H,64,84)(H,65,80)(H,66,76)(H,67,75)(H,68,77)/p+1/b23-21-/t29?,30-,31?,32?,33?,35?,37?,38-,40?,41?,42?,43?,44?/m0/s1. The number of carbonyl (C=O) groups is 9. The summed E-state index contributed by atoms with van der Waals surface area (Å²) in [5.74, 6) is -6.28. The summed E-state index contributed by atoms with van der Waals surface area (Å²) in [6.07, 6.45) is 3.92. The number of carbonyl (C=O) groups excluding carboxylic acids is 9. The first kappa shape index (κ1) is 74.4. The molecule has 3 rings (SSSR count). The van der Waals surface area contributed by atoms with E-state index in [1.165, 1.54) is 32.4 Å². The van der Waals surface area contributed by atoms with Gasteiger partial charge >= 0.3 is 0 Å². The van der Waals surface area contributed by atoms with Gasteiger partial charge in [0.1, 0.15) is 60.3 Å². The molecule has 14 N–H and O–H groups in total. The van der Waals surface area contributed by atoms with Crippen molar-refractivity contribution >= 4 is 145 Å². The zero-order valence-electron chi connectivity index (χ0n) is 51.1. The average Bonchev–Trinajstić information content (AvgIpc) is 3.37. The van der Waals surface area contributed by atoms with E-state index in [4.69, 9.17) is 48.9 Å². The Morgan fingerprint density at radius 2 is 1.30 bits per heavy atom. The summed E-state index contributed by atoms with van der Waals surface area (Å²) in [5, 5.41) is 46.5. The van der Waals surface area contributed by atoms with E-state index in [2.05, 4.69) is 63.8 Å². The van der Waals surface area contributed by atoms with Crippen molar-refractivity contribution < 1.29 is 53.2 Å². The average molecular weight is 1310 g/mol. The van der Waals surface area contributed by atoms with Crippen LogP contribution >= 0.6 is 72.4 Å². The van der Waals surface area contributed by atoms with Crippen molar-refractivity contribution in [2.45, 2.75) is 167 Å². The van der Waals surface area contributed by atoms with Crippen molar-refractivity contribution in [2.24, 2.45) is 11.8 Å². The number of aliphatic hydroxyl groups excluding tert-OH is 1. The third-order valence-electron chi connectivity index (χ3n) is 13.9. The molecule has 1 aromatic rings. The van der Waals surface area contributed by atoms with Crippen molar-refractivity contribution in [3.8, 4) is 0 Å². The highest BCUT2D eigenvalue weighted by molar-refractivity contribution is 8.02. The van der Waals surface area contributed by atoms with Crippen LogP contribution < -0.4 is 68.7 Å². The van der Waals surface area contributed by atoms with Gasteiger partial charge in [0.2, 0.25) is 47.1 Å². The second-order valence-electron chi connectivity index (χ2n) is 22.1. The molecule has 0 saturated heterocycles. The molecule has 12 unspecified atom stereocenters. The SMILES string of the molecule is CSCCC(NC(=S)C(NC(=O)C(C)=O)C(C)C)C(=S)N[C@@H](C)C(=O)NC(C)C(=S)NC(C)C(=S)NC(C)C(=O)NC1C(=O)NC(C(C)C)C(=O)NC(C)C(=O)N[C@@H](Cc2ccccc2)C(=O)NC(C(O)C2=C[NH+](C)CN2C)C(=O)N/C=C\SC1C. The summed E-state index contributed by atoms with van der Waals surface area (Å²) in [6, 6.07) is -2.19. The van der Waals surface area contributed by atoms with Gasteiger partial charge in [-0.1, -0.05) is 114 Å². The minimum Gasteiger partial charge on any atom is -0.384 e. The largest absolute Gasteiger partial charge is 0.384 e. The van der Waals surface area contributed by atoms with Gasteiger partial charge in [-0.2, -0.15) is 11.8 Å². The number of likely N-dealkylation sites (N-methyl/N-ethyl adjacent to an activating group) is 1. The molecule has 0 radical (unpaired) electrons. The van der Waals surface area contributed by atoms with Crippen LogP contribution in [0.3, 0.4) is 0 Å². The van der Waals surface area contributed by atoms with Crippen molar-refractivity contribution in [3.63, 3.8) is 0 Å². The minimum absolute atomic E-state index is 0.0144. The highest BCUT2D eigenvalue weighted by Crippen LogP contribution is 2.19. The van der Waals surface area contributed by atoms with E-state index in [1.807, 2.05) is 27.2 Å². The number of benzene rings is 1. The van der Waals surface area contributed by atoms with Gasteiger partial charge in [-0.25, -0.2) is 0 Å². The van der Waals surface area contributed by atoms with Crippen molar-refractivity contribution in [1.29, 1.82) is 0 Å². The number of thiocarbonyl (C=S) groups is 4. The number of thioether (sulfide) groups is 2. The molecular weight excluding hydrogens is 1220 g/mol. The summed E-state index contributed by atoms with van der Waals surface area (Å²) in [5.41, 5.74) is 1.05. The van der Waals surface area contributed by atoms with E-state index < -0.39 is 137 Å². The first-order valence-electron chi connectivity index (χ1n) is 28.2. The fourth-order valence-electron chi connectivity index (χ4n) is 8.66. The minimum atomic E-state index is -1.57. The van der Waals surface area contributed by atoms with Crippen LogP contribution in [0.2, 0.25) is 0 Å². The predicted octanol–water partition coefficient (Wildman–Crippen LogP) is -1.14. The molecule has 0 fully saturated rings. The van der Waals surface area contributed by atoms with Crippen molar-refractivity contribution in [2.75, 3.05) is 32.8 Å². The Hall–Kier alpha value is -5.89. The predicted molar refractivity (Wildman–Crippen MR) is 351 cm³/mol. The highest BCUT2D eigenvalue weighted by atomic mass is 32.2. The van der Waals surface area contributed by atoms with Crippen LogP contribution in [0.1, 0.15) is 88.1 Å². The second kappa shape index (κ2) is 35.8. The Bertz CT molecular complexity index is 2710. The van der Waals surface area contributed by atoms with Crippen LogP contribution in [0.25, 0.3) is 0 Å². The van der Waals surface area contributed by atoms with Crippen LogP contribution in [-0.4, -0.2) is 194 Å². The molecule has 86 heavy (non-hydrogen) atoms. The molecule has 2 heterocycles. The first-order valence-corrected chi connectivity index (χ1v) is 32.2. The van der Waals surface area contributed by atoms with E-state index in [0.29, 0.717) is 35.1 Å². The van der Waals surface area contributed by atoms with Crippen molar-refractivity contribution in [3.05, 3.63) is 59.4 Å². The Morgan fingerprint density at radius 3 is 1.87 bits per heavy atom. The number of quaternary nitrogens is 1. The van der Waals surface area contributed by atoms with E-state index >= 15 is 0 Å². The molecule has 2 aliphatic heterocycles. The quantitative estimate of drug-likeness (QED) is 0.0455. The van der Waals surface area contributed by atoms with Gasteiger partial charge in [0, 0.05) is 31.8 Å². The van der Waals surface area contributed by atoms with Gasteiger partial charge in [0.05, 0.1) is 51.2 Å². The smallest absolute Gasteiger partial charge is 0.287 e. The van der Waals surface area contributed by atoms with Crippen molar-refractivity contribution in [1.82, 2.24) is 68.7 Å². The maximum Gasteiger partial charge on any atom is 0.287 e. The second-order valence-corrected chi connectivity index (χ2v) is 26.1. The van der Waals surface area contributed by atoms with Crippen LogP contribution in [-0.2, 0) is 49.6 Å². The highest BCUT2D eigenvalue weighted by Gasteiger charge is 2.39. The summed E-state index contributed by atoms with van der Waals surface area (Å²) in [4.78, 5) is 126. The van der Waals surface area contributed by atoms with Gasteiger partial charge < -0.3 is 73.8 Å². The molecule has 14 atom stereocenters. The number of aliphatic hydroxyl groups is 1. The summed E-state index contributed by atoms with van der Waals surface area (Å²) < 4.78 is 0. The Labute approximate surface area is 534 Å². The van der Waals surface area contributed by atoms with E-state index in [0.717, 1.165) is 16.7 Å². The molecule has 1 aromatic carbocycles. The summed E-state index contributed by atoms with van der Waals surface area (Å²) in [6.45, 7) is 18.3. The number of rotatable bonds is 23. The van der Waals surface area contributed by atoms with Crippen LogP contribution in [0.5, 0.6) is 0 Å². The van der Waals surface area contributed by atoms with E-state index in [1.54, 1.807) is 102 Å². The molecule has 24 nitrogen and oxygen atoms in total. The maximum atomic E-state index is 14.4. The molecule has 0 saturated carbocycles. The lowest BCUT2D eigenvalue weighted by Crippen LogP contribution is -3.03. The van der Waals surface area contributed by atoms with Gasteiger partial charge in [-0.05, 0) is 75.9 Å². The van der Waals surface area contributed by atoms with Gasteiger partial charge in [-0.15, -0.1) is 11.8 Å². The topological polar surface area (TPSA) is 326 Å². The lowest BCUT2D eigenvalue weighted by molar-refractivity contribution is -0.826. The van der Waals surface area contributed by atoms with Crippen LogP contribution in [0.4, 0.5) is 0 Å². The number of amides is 8. The molecule has 8 amide bonds. The molecule has 0 aliphatic carbocycles. The molecule has 476 valence electrons. The van der Waals surface area contributed by atoms with E-state index in [-0.39, 0.29) is 27.3 Å². The molecule has 30 heteroatoms. The van der Waals surface area contributed by atoms with Crippen LogP contribution in [0, 0.1) is 11.8 Å². The lowest BCUT2D eigenvalue weighted by atomic mass is 10.0. The van der Waals surface area contributed by atoms with Gasteiger partial charge in [-0.3, -0.25) is 48.1 Å². The third-order valence-corrected chi connectivity index (χ3v) is 17.2. The third kappa shape index (κ3) is 23.3. The number of nitrogens with one attached hydrogen (secondary N) is 13. The Balaban J connectivity index is 1.78. The summed E-state index contributed by atoms with van der Waals surface area (Å²) in [7, 11) is 3.60. The lowest BCUT2D eigenvalue weighted by Gasteiger charge is -2.30. The van der Waals surface area contributed by atoms with Crippen LogP contribution in [0.15, 0.2) is 53.8 Å². The monoisotopic (exact) mass is 1310 g/mol. The Kier molecular flexibility index (Phi) is 31.0. The first-order chi connectivity index (χ1) is 40.3. The number of nitrogens with zero attached hydrogens (tertiary/aromatic N) is 1. The molecular formula is C56H87N14O10S6+. The summed E-state index contributed by atoms with van der Waals surface area (Å²) >= 11 is 25.4. The number of hydrogen-bond acceptors (Lipinski definition) is 17. The number of Topliss-reactive ketones (excluding diaryl/α,β-unsaturated/α-hetero) is 1. The Morgan fingerprint density at radius 1 is 0.721 bits per heavy atom. The van der Waals surface area contributed by atoms with Gasteiger partial charge in [0.25, 0.3) is 5.91 Å². The molecule has 0 bridgehead atoms.